The number of esters is 2. The first-order chi connectivity index (χ1) is 45.4. The third-order valence-electron chi connectivity index (χ3n) is 16.8. The maximum absolute atomic E-state index is 14.1. The number of carbonyl (C=O) groups excluding carboxylic acids is 4. The van der Waals surface area contributed by atoms with E-state index < -0.39 is 165 Å². The van der Waals surface area contributed by atoms with Crippen LogP contribution in [0.5, 0.6) is 0 Å². The van der Waals surface area contributed by atoms with Crippen molar-refractivity contribution in [2.45, 2.75) is 357 Å². The minimum Gasteiger partial charge on any atom is -0.457 e. The summed E-state index contributed by atoms with van der Waals surface area (Å²) in [6, 6.07) is -3.71. The van der Waals surface area contributed by atoms with Crippen molar-refractivity contribution in [1.29, 1.82) is 0 Å². The first kappa shape index (κ1) is 88.4. The van der Waals surface area contributed by atoms with Crippen molar-refractivity contribution >= 4 is 40.1 Å². The minimum atomic E-state index is -5.37. The van der Waals surface area contributed by atoms with E-state index in [4.69, 9.17) is 32.7 Å². The second-order valence-corrected chi connectivity index (χ2v) is 28.2. The van der Waals surface area contributed by atoms with Gasteiger partial charge in [0.2, 0.25) is 18.1 Å². The summed E-state index contributed by atoms with van der Waals surface area (Å²) in [4.78, 5) is 118. The van der Waals surface area contributed by atoms with Crippen LogP contribution in [0.3, 0.4) is 0 Å². The molecule has 2 rings (SSSR count). The molecule has 0 aliphatic carbocycles. The fourth-order valence-electron chi connectivity index (χ4n) is 11.5. The molecule has 14 N–H and O–H groups in total. The lowest BCUT2D eigenvalue weighted by molar-refractivity contribution is -0.297. The van der Waals surface area contributed by atoms with Gasteiger partial charge in [0, 0.05) is 0 Å². The van der Waals surface area contributed by atoms with Crippen molar-refractivity contribution in [1.82, 2.24) is 10.6 Å². The zero-order valence-electron chi connectivity index (χ0n) is 57.6. The highest BCUT2D eigenvalue weighted by atomic mass is 31.2. The van der Waals surface area contributed by atoms with Gasteiger partial charge in [-0.3, -0.25) is 19.2 Å². The molecule has 25 nitrogen and oxygen atoms in total. The summed E-state index contributed by atoms with van der Waals surface area (Å²) in [6.07, 6.45) is 18.3. The number of aliphatic hydroxyl groups excluding tert-OH is 6. The molecule has 2 aliphatic heterocycles. The molecule has 0 radical (unpaired) electrons. The molecular formula is C68H126N2O23P2+2. The van der Waals surface area contributed by atoms with E-state index in [-0.39, 0.29) is 25.7 Å². The van der Waals surface area contributed by atoms with Crippen LogP contribution in [0.15, 0.2) is 36.5 Å². The molecule has 95 heavy (non-hydrogen) atoms. The fraction of sp³-hybridized carbons (Fsp3) is 0.853. The first-order valence-electron chi connectivity index (χ1n) is 35.8. The Labute approximate surface area is 567 Å². The number of rotatable bonds is 57. The maximum atomic E-state index is 14.1. The molecule has 8 unspecified atom stereocenters. The molecule has 14 atom stereocenters. The van der Waals surface area contributed by atoms with Crippen LogP contribution in [0.25, 0.3) is 0 Å². The van der Waals surface area contributed by atoms with Crippen LogP contribution in [-0.2, 0) is 51.9 Å². The number of nitrogens with one attached hydrogen (secondary N) is 2. The summed E-state index contributed by atoms with van der Waals surface area (Å²) < 4.78 is 40.3. The molecule has 554 valence electrons. The molecule has 2 saturated heterocycles. The predicted molar refractivity (Wildman–Crippen MR) is 363 cm³/mol. The van der Waals surface area contributed by atoms with E-state index in [0.717, 1.165) is 135 Å². The Morgan fingerprint density at radius 1 is 0.421 bits per heavy atom. The molecule has 2 amide bonds. The monoisotopic (exact) mass is 1400 g/mol. The predicted octanol–water partition coefficient (Wildman–Crippen LogP) is 9.33. The van der Waals surface area contributed by atoms with Crippen molar-refractivity contribution in [3.8, 4) is 0 Å². The van der Waals surface area contributed by atoms with Gasteiger partial charge in [-0.05, 0) is 103 Å². The lowest BCUT2D eigenvalue weighted by Gasteiger charge is -2.46. The number of carbonyl (C=O) groups is 4. The third-order valence-corrected chi connectivity index (χ3v) is 17.8. The van der Waals surface area contributed by atoms with Crippen LogP contribution in [0.4, 0.5) is 0 Å². The molecule has 0 aromatic heterocycles. The number of aliphatic hydroxyl groups is 6. The zero-order valence-corrected chi connectivity index (χ0v) is 59.4. The quantitative estimate of drug-likeness (QED) is 0.0117. The molecule has 0 aromatic carbocycles. The minimum absolute atomic E-state index is 0.153. The standard InChI is InChI=1S/C68H124N2O23P2/c1-5-9-13-17-21-25-29-33-37-41-51(72)45-57(76)69-61-65(90-59(78)47-53(74)43-39-35-31-27-23-19-15-11-7-3)63(80)56(89-68(61)93-95(84,85)86)50-87-67-62(70-58(77)46-52(73)42-38-34-30-26-22-18-14-10-6-2)66(64(55(49-71)88-67)92-94(81,82)83)91-60(79)48-54(75)44-40-36-32-28-24-20-16-12-8-4/h25-26,28-30,32,51-56,61-68,71-75,80-86H,5-24,27,31,33-50H2,1-4H3/p+2/b29-25-,30-26-,32-28-/t51?,52?,53?,54?,55?,56?,61?,62?,63-,64-,65-,66-,67-,68-/m1/s1. The number of unbranched alkanes of at least 4 members (excludes halogenated alkanes) is 23. The van der Waals surface area contributed by atoms with E-state index in [9.17, 15) is 79.2 Å². The van der Waals surface area contributed by atoms with Gasteiger partial charge in [0.05, 0.1) is 63.3 Å². The van der Waals surface area contributed by atoms with Crippen molar-refractivity contribution in [3.63, 3.8) is 0 Å². The largest absolute Gasteiger partial charge is 0.570 e. The normalized spacial score (nSPS) is 23.3. The maximum Gasteiger partial charge on any atom is 0.570 e. The summed E-state index contributed by atoms with van der Waals surface area (Å²) in [5, 5.41) is 72.2. The van der Waals surface area contributed by atoms with Crippen LogP contribution in [0, 0.1) is 0 Å². The van der Waals surface area contributed by atoms with Gasteiger partial charge in [0.25, 0.3) is 0 Å². The molecule has 27 heteroatoms. The van der Waals surface area contributed by atoms with Crippen LogP contribution in [0.1, 0.15) is 272 Å². The van der Waals surface area contributed by atoms with Crippen molar-refractivity contribution in [3.05, 3.63) is 36.5 Å². The molecule has 2 aliphatic rings. The number of allylic oxidation sites excluding steroid dienone is 6. The molecule has 0 bridgehead atoms. The van der Waals surface area contributed by atoms with Crippen molar-refractivity contribution in [2.75, 3.05) is 13.2 Å². The van der Waals surface area contributed by atoms with Crippen molar-refractivity contribution in [2.24, 2.45) is 0 Å². The van der Waals surface area contributed by atoms with Gasteiger partial charge < -0.3 is 65.0 Å². The first-order valence-corrected chi connectivity index (χ1v) is 39.0. The van der Waals surface area contributed by atoms with E-state index >= 15 is 0 Å². The molecule has 0 saturated carbocycles. The Balaban J connectivity index is 2.57. The average molecular weight is 1400 g/mol. The third kappa shape index (κ3) is 42.9. The van der Waals surface area contributed by atoms with Gasteiger partial charge in [0.1, 0.15) is 30.4 Å². The van der Waals surface area contributed by atoms with E-state index in [1.165, 1.54) is 12.8 Å². The van der Waals surface area contributed by atoms with Crippen LogP contribution < -0.4 is 10.6 Å². The topological polar surface area (TPSA) is 400 Å². The molecule has 2 heterocycles. The Kier molecular flexibility index (Phi) is 49.5. The van der Waals surface area contributed by atoms with Crippen LogP contribution in [0.2, 0.25) is 0 Å². The second-order valence-electron chi connectivity index (χ2n) is 25.7. The molecule has 0 aromatic rings. The highest BCUT2D eigenvalue weighted by Crippen LogP contribution is 2.50. The van der Waals surface area contributed by atoms with Gasteiger partial charge in [0.15, 0.2) is 24.6 Å². The molecule has 0 spiro atoms. The fourth-order valence-corrected chi connectivity index (χ4v) is 12.6. The van der Waals surface area contributed by atoms with E-state index in [1.54, 1.807) is 0 Å². The van der Waals surface area contributed by atoms with Gasteiger partial charge in [-0.2, -0.15) is 29.4 Å². The summed E-state index contributed by atoms with van der Waals surface area (Å²) in [7, 11) is -10.7. The lowest BCUT2D eigenvalue weighted by Crippen LogP contribution is -2.68. The number of hydrogen-bond donors (Lipinski definition) is 14. The van der Waals surface area contributed by atoms with E-state index in [2.05, 4.69) is 56.6 Å². The summed E-state index contributed by atoms with van der Waals surface area (Å²) in [6.45, 7) is 6.54. The average Bonchev–Trinajstić information content (AvgIpc) is 0.787. The Morgan fingerprint density at radius 3 is 1.16 bits per heavy atom. The van der Waals surface area contributed by atoms with Crippen LogP contribution in [-0.4, -0.2) is 183 Å². The highest BCUT2D eigenvalue weighted by molar-refractivity contribution is 7.53. The van der Waals surface area contributed by atoms with Gasteiger partial charge in [-0.1, -0.05) is 180 Å². The Hall–Kier alpha value is -2.72. The zero-order chi connectivity index (χ0) is 70.3. The molecular weight excluding hydrogens is 1270 g/mol. The van der Waals surface area contributed by atoms with Crippen LogP contribution >= 0.6 is 16.3 Å². The van der Waals surface area contributed by atoms with E-state index in [0.29, 0.717) is 44.9 Å². The number of hydrogen-bond acceptors (Lipinski definition) is 23. The number of ether oxygens (including phenoxy) is 5. The van der Waals surface area contributed by atoms with Crippen molar-refractivity contribution < 1.29 is 112 Å². The lowest BCUT2D eigenvalue weighted by atomic mass is 9.95. The Morgan fingerprint density at radius 2 is 0.758 bits per heavy atom. The number of amides is 2. The summed E-state index contributed by atoms with van der Waals surface area (Å²) >= 11 is 0. The SMILES string of the molecule is CCCCCC/C=C\CCCC(O)CC(=O)NC1[C@@H](O[P+](O)(O)O)OC(CO[C@@H]2OC(CO)[C@@H](O[P+](O)(O)O)[C@H](OC(=O)CC(O)CCC/C=C\CCCCCC)C2NC(=O)CC(O)CCC/C=C\CCCCCC)[C@@H](O)[C@@H]1OC(=O)CC(O)CCCCCCCCCCC. The van der Waals surface area contributed by atoms with E-state index in [1.807, 2.05) is 18.2 Å². The molecule has 2 fully saturated rings. The summed E-state index contributed by atoms with van der Waals surface area (Å²) in [5.74, 6) is -4.01. The highest BCUT2D eigenvalue weighted by Gasteiger charge is 2.58. The summed E-state index contributed by atoms with van der Waals surface area (Å²) in [5.41, 5.74) is 0. The van der Waals surface area contributed by atoms with Gasteiger partial charge in [-0.15, -0.1) is 9.05 Å². The van der Waals surface area contributed by atoms with Gasteiger partial charge >= 0.3 is 28.3 Å². The Bertz CT molecular complexity index is 2090. The smallest absolute Gasteiger partial charge is 0.457 e. The van der Waals surface area contributed by atoms with Gasteiger partial charge in [-0.25, -0.2) is 0 Å². The second kappa shape index (κ2) is 53.2.